The van der Waals surface area contributed by atoms with E-state index in [1.54, 1.807) is 60.5 Å². The van der Waals surface area contributed by atoms with Crippen molar-refractivity contribution >= 4 is 44.5 Å². The molecular weight excluding hydrogens is 581 g/mol. The van der Waals surface area contributed by atoms with E-state index in [1.807, 2.05) is 0 Å². The number of rotatable bonds is 11. The second kappa shape index (κ2) is 13.0. The summed E-state index contributed by atoms with van der Waals surface area (Å²) in [5.74, 6) is -0.0404. The average molecular weight is 609 g/mol. The zero-order chi connectivity index (χ0) is 30.4. The summed E-state index contributed by atoms with van der Waals surface area (Å²) in [6, 6.07) is 18.8. The Labute approximate surface area is 249 Å². The Balaban J connectivity index is 1.76. The first-order chi connectivity index (χ1) is 20.1. The van der Waals surface area contributed by atoms with Crippen molar-refractivity contribution in [1.82, 2.24) is 4.98 Å². The van der Waals surface area contributed by atoms with E-state index < -0.39 is 20.7 Å². The molecule has 4 rings (SSSR count). The molecule has 12 heteroatoms. The zero-order valence-corrected chi connectivity index (χ0v) is 24.7. The Kier molecular flexibility index (Phi) is 9.40. The molecule has 0 aliphatic carbocycles. The first-order valence-electron chi connectivity index (χ1n) is 12.6. The Bertz CT molecular complexity index is 1730. The Hall–Kier alpha value is -4.53. The van der Waals surface area contributed by atoms with Crippen LogP contribution in [0.5, 0.6) is 11.5 Å². The molecule has 1 radical (unpaired) electrons. The molecule has 0 spiro atoms. The minimum Gasteiger partial charge on any atom is -0.497 e. The van der Waals surface area contributed by atoms with Crippen molar-refractivity contribution in [3.8, 4) is 17.6 Å². The molecule has 9 nitrogen and oxygen atoms in total. The first-order valence-corrected chi connectivity index (χ1v) is 14.4. The van der Waals surface area contributed by atoms with Gasteiger partial charge in [0.05, 0.1) is 54.5 Å². The average Bonchev–Trinajstić information content (AvgIpc) is 3.01. The molecule has 1 aromatic heterocycles. The van der Waals surface area contributed by atoms with Crippen molar-refractivity contribution in [2.75, 3.05) is 42.3 Å². The Morgan fingerprint density at radius 1 is 1.07 bits per heavy atom. The number of anilines is 4. The second-order valence-corrected chi connectivity index (χ2v) is 11.3. The molecule has 1 N–H and O–H groups in total. The lowest BCUT2D eigenvalue weighted by atomic mass is 10.1. The molecule has 1 heterocycles. The predicted octanol–water partition coefficient (Wildman–Crippen LogP) is 6.17. The van der Waals surface area contributed by atoms with Crippen LogP contribution in [0.2, 0.25) is 5.02 Å². The third kappa shape index (κ3) is 6.35. The van der Waals surface area contributed by atoms with Crippen LogP contribution in [0.3, 0.4) is 0 Å². The summed E-state index contributed by atoms with van der Waals surface area (Å²) in [5.41, 5.74) is 2.22. The molecule has 0 aliphatic rings. The Morgan fingerprint density at radius 3 is 2.50 bits per heavy atom. The van der Waals surface area contributed by atoms with Gasteiger partial charge in [0.1, 0.15) is 28.0 Å². The van der Waals surface area contributed by atoms with Crippen molar-refractivity contribution < 1.29 is 22.3 Å². The fourth-order valence-electron chi connectivity index (χ4n) is 4.16. The lowest BCUT2D eigenvalue weighted by Crippen LogP contribution is -2.32. The minimum absolute atomic E-state index is 0.0365. The maximum atomic E-state index is 15.7. The smallest absolute Gasteiger partial charge is 0.268 e. The fraction of sp³-hybridized carbons (Fsp3) is 0.167. The summed E-state index contributed by atoms with van der Waals surface area (Å²) in [6.45, 7) is 4.05. The summed E-state index contributed by atoms with van der Waals surface area (Å²) in [7, 11) is 0.223. The van der Waals surface area contributed by atoms with Crippen molar-refractivity contribution in [1.29, 1.82) is 5.26 Å². The molecule has 0 saturated heterocycles. The lowest BCUT2D eigenvalue weighted by Gasteiger charge is -2.25. The third-order valence-corrected chi connectivity index (χ3v) is 8.52. The highest BCUT2D eigenvalue weighted by Gasteiger charge is 2.31. The molecule has 0 bridgehead atoms. The summed E-state index contributed by atoms with van der Waals surface area (Å²) in [4.78, 5) is 5.37. The van der Waals surface area contributed by atoms with E-state index in [9.17, 15) is 13.7 Å². The van der Waals surface area contributed by atoms with Crippen LogP contribution >= 0.6 is 11.6 Å². The largest absolute Gasteiger partial charge is 0.497 e. The van der Waals surface area contributed by atoms with Crippen LogP contribution in [0.1, 0.15) is 11.1 Å². The van der Waals surface area contributed by atoms with E-state index in [2.05, 4.69) is 23.3 Å². The van der Waals surface area contributed by atoms with Crippen LogP contribution in [0.15, 0.2) is 77.8 Å². The standard InChI is InChI=1S/C30H28ClFN5O4S/c1-5-36(2)27-14-20(18-33)9-12-25(27)35-26-17-24(32)29(16-23(26)31)42(38,39)37(30-8-6-7-13-34-30)19-21-10-11-22(40-3)15-28(21)41-4/h6-17,35H,1,5,19H2,2-4H3. The summed E-state index contributed by atoms with van der Waals surface area (Å²) >= 11 is 6.53. The van der Waals surface area contributed by atoms with Crippen molar-refractivity contribution in [3.63, 3.8) is 0 Å². The number of sulfonamides is 1. The number of nitrogens with zero attached hydrogens (tertiary/aromatic N) is 4. The molecule has 4 aromatic rings. The van der Waals surface area contributed by atoms with Crippen molar-refractivity contribution in [3.05, 3.63) is 102 Å². The van der Waals surface area contributed by atoms with Crippen LogP contribution in [-0.4, -0.2) is 41.2 Å². The highest BCUT2D eigenvalue weighted by molar-refractivity contribution is 7.92. The quantitative estimate of drug-likeness (QED) is 0.215. The molecule has 0 fully saturated rings. The van der Waals surface area contributed by atoms with Gasteiger partial charge in [-0.25, -0.2) is 22.1 Å². The number of pyridine rings is 1. The maximum absolute atomic E-state index is 15.7. The van der Waals surface area contributed by atoms with E-state index in [0.717, 1.165) is 16.4 Å². The molecule has 0 saturated carbocycles. The van der Waals surface area contributed by atoms with Crippen molar-refractivity contribution in [2.24, 2.45) is 0 Å². The van der Waals surface area contributed by atoms with Gasteiger partial charge < -0.3 is 19.7 Å². The number of hydrogen-bond donors (Lipinski definition) is 1. The van der Waals surface area contributed by atoms with Crippen LogP contribution < -0.4 is 24.0 Å². The van der Waals surface area contributed by atoms with Crippen LogP contribution in [0.25, 0.3) is 0 Å². The molecular formula is C30H28ClFN5O4S. The van der Waals surface area contributed by atoms with Gasteiger partial charge in [-0.2, -0.15) is 5.26 Å². The lowest BCUT2D eigenvalue weighted by molar-refractivity contribution is 0.391. The van der Waals surface area contributed by atoms with Gasteiger partial charge >= 0.3 is 0 Å². The van der Waals surface area contributed by atoms with Crippen molar-refractivity contribution in [2.45, 2.75) is 11.4 Å². The number of hydrogen-bond acceptors (Lipinski definition) is 8. The van der Waals surface area contributed by atoms with Gasteiger partial charge in [0.2, 0.25) is 0 Å². The molecule has 0 atom stereocenters. The summed E-state index contributed by atoms with van der Waals surface area (Å²) in [6.07, 6.45) is 1.44. The van der Waals surface area contributed by atoms with E-state index in [-0.39, 0.29) is 23.1 Å². The highest BCUT2D eigenvalue weighted by atomic mass is 35.5. The summed E-state index contributed by atoms with van der Waals surface area (Å²) in [5, 5.41) is 12.3. The van der Waals surface area contributed by atoms with E-state index >= 15 is 4.39 Å². The third-order valence-electron chi connectivity index (χ3n) is 6.45. The number of halogens is 2. The SMILES string of the molecule is [CH2]CN(C)c1cc(C#N)ccc1Nc1cc(F)c(S(=O)(=O)N(Cc2ccc(OC)cc2OC)c2ccccn2)cc1Cl. The van der Waals surface area contributed by atoms with E-state index in [1.165, 1.54) is 26.5 Å². The molecule has 0 unspecified atom stereocenters. The molecule has 0 aliphatic heterocycles. The van der Waals surface area contributed by atoms with Crippen LogP contribution in [-0.2, 0) is 16.6 Å². The number of benzene rings is 3. The van der Waals surface area contributed by atoms with E-state index in [0.29, 0.717) is 40.5 Å². The van der Waals surface area contributed by atoms with Gasteiger partial charge in [0, 0.05) is 37.5 Å². The zero-order valence-electron chi connectivity index (χ0n) is 23.1. The number of nitriles is 1. The molecule has 217 valence electrons. The monoisotopic (exact) mass is 608 g/mol. The van der Waals surface area contributed by atoms with Gasteiger partial charge in [-0.1, -0.05) is 17.7 Å². The molecule has 3 aromatic carbocycles. The number of ether oxygens (including phenoxy) is 2. The normalized spacial score (nSPS) is 11.0. The van der Waals surface area contributed by atoms with Crippen LogP contribution in [0, 0.1) is 24.1 Å². The van der Waals surface area contributed by atoms with Gasteiger partial charge in [0.25, 0.3) is 10.0 Å². The number of nitrogens with one attached hydrogen (secondary N) is 1. The topological polar surface area (TPSA) is 108 Å². The fourth-order valence-corrected chi connectivity index (χ4v) is 5.91. The number of aromatic nitrogens is 1. The van der Waals surface area contributed by atoms with E-state index in [4.69, 9.17) is 21.1 Å². The second-order valence-electron chi connectivity index (χ2n) is 9.03. The highest BCUT2D eigenvalue weighted by Crippen LogP contribution is 2.37. The number of methoxy groups -OCH3 is 2. The van der Waals surface area contributed by atoms with Gasteiger partial charge in [-0.3, -0.25) is 0 Å². The van der Waals surface area contributed by atoms with Gasteiger partial charge in [0.15, 0.2) is 0 Å². The first kappa shape index (κ1) is 30.4. The minimum atomic E-state index is -4.53. The summed E-state index contributed by atoms with van der Waals surface area (Å²) < 4.78 is 55.4. The molecule has 42 heavy (non-hydrogen) atoms. The van der Waals surface area contributed by atoms with Gasteiger partial charge in [-0.15, -0.1) is 0 Å². The molecule has 0 amide bonds. The van der Waals surface area contributed by atoms with Gasteiger partial charge in [-0.05, 0) is 55.5 Å². The maximum Gasteiger partial charge on any atom is 0.268 e. The Morgan fingerprint density at radius 2 is 1.86 bits per heavy atom. The predicted molar refractivity (Wildman–Crippen MR) is 162 cm³/mol. The van der Waals surface area contributed by atoms with Crippen LogP contribution in [0.4, 0.5) is 27.3 Å².